The van der Waals surface area contributed by atoms with Crippen LogP contribution in [0.25, 0.3) is 0 Å². The van der Waals surface area contributed by atoms with Gasteiger partial charge in [-0.25, -0.2) is 4.39 Å². The number of hydrogen-bond donors (Lipinski definition) is 1. The Hall–Kier alpha value is -0.930. The van der Waals surface area contributed by atoms with Gasteiger partial charge in [-0.15, -0.1) is 0 Å². The third-order valence-electron chi connectivity index (χ3n) is 6.20. The maximum Gasteiger partial charge on any atom is 0.123 e. The van der Waals surface area contributed by atoms with E-state index in [9.17, 15) is 4.39 Å². The zero-order valence-electron chi connectivity index (χ0n) is 12.7. The van der Waals surface area contributed by atoms with E-state index in [0.717, 1.165) is 19.1 Å². The van der Waals surface area contributed by atoms with Crippen molar-refractivity contribution >= 4 is 0 Å². The van der Waals surface area contributed by atoms with Gasteiger partial charge in [-0.2, -0.15) is 0 Å². The maximum absolute atomic E-state index is 13.7. The second-order valence-electron chi connectivity index (χ2n) is 7.09. The van der Waals surface area contributed by atoms with Gasteiger partial charge in [-0.05, 0) is 68.4 Å². The van der Waals surface area contributed by atoms with Crippen LogP contribution in [0.2, 0.25) is 0 Å². The van der Waals surface area contributed by atoms with Crippen LogP contribution in [0.1, 0.15) is 43.6 Å². The van der Waals surface area contributed by atoms with Crippen LogP contribution in [0.5, 0.6) is 0 Å². The predicted octanol–water partition coefficient (Wildman–Crippen LogP) is 3.15. The molecular formula is C18H25FN2. The number of benzene rings is 1. The van der Waals surface area contributed by atoms with E-state index < -0.39 is 0 Å². The highest BCUT2D eigenvalue weighted by Crippen LogP contribution is 2.53. The minimum absolute atomic E-state index is 0.0910. The third-order valence-corrected chi connectivity index (χ3v) is 6.20. The van der Waals surface area contributed by atoms with Crippen LogP contribution < -0.4 is 5.32 Å². The normalized spacial score (nSPS) is 36.8. The molecule has 1 spiro atoms. The summed E-state index contributed by atoms with van der Waals surface area (Å²) in [6.07, 6.45) is 6.60. The van der Waals surface area contributed by atoms with Crippen LogP contribution in [-0.4, -0.2) is 37.1 Å². The van der Waals surface area contributed by atoms with Gasteiger partial charge in [-0.3, -0.25) is 4.90 Å². The van der Waals surface area contributed by atoms with E-state index in [1.165, 1.54) is 50.8 Å². The lowest BCUT2D eigenvalue weighted by atomic mass is 9.62. The van der Waals surface area contributed by atoms with Gasteiger partial charge in [-0.1, -0.05) is 18.6 Å². The van der Waals surface area contributed by atoms with Crippen molar-refractivity contribution in [3.63, 3.8) is 0 Å². The van der Waals surface area contributed by atoms with E-state index in [4.69, 9.17) is 0 Å². The van der Waals surface area contributed by atoms with Gasteiger partial charge >= 0.3 is 0 Å². The molecule has 1 aromatic carbocycles. The lowest BCUT2D eigenvalue weighted by molar-refractivity contribution is 0.0663. The smallest absolute Gasteiger partial charge is 0.123 e. The van der Waals surface area contributed by atoms with Gasteiger partial charge < -0.3 is 5.32 Å². The van der Waals surface area contributed by atoms with Gasteiger partial charge in [0.2, 0.25) is 0 Å². The predicted molar refractivity (Wildman–Crippen MR) is 82.9 cm³/mol. The standard InChI is InChI=1S/C18H25FN2/c19-15-5-3-4-14(12-15)16-13-20-9-7-18(16)8-11-21-10-2-1-6-17(18)21/h3-5,12,16-17,20H,1-2,6-11,13H2. The van der Waals surface area contributed by atoms with Crippen molar-refractivity contribution in [2.75, 3.05) is 26.2 Å². The molecule has 3 aliphatic heterocycles. The summed E-state index contributed by atoms with van der Waals surface area (Å²) in [5.41, 5.74) is 1.58. The Morgan fingerprint density at radius 3 is 3.05 bits per heavy atom. The number of hydrogen-bond acceptors (Lipinski definition) is 2. The van der Waals surface area contributed by atoms with Crippen molar-refractivity contribution < 1.29 is 4.39 Å². The zero-order chi connectivity index (χ0) is 14.3. The molecule has 0 saturated carbocycles. The molecule has 0 bridgehead atoms. The van der Waals surface area contributed by atoms with Crippen LogP contribution in [0.15, 0.2) is 24.3 Å². The Morgan fingerprint density at radius 1 is 1.19 bits per heavy atom. The van der Waals surface area contributed by atoms with Crippen LogP contribution in [0.3, 0.4) is 0 Å². The first-order chi connectivity index (χ1) is 10.3. The van der Waals surface area contributed by atoms with Crippen molar-refractivity contribution in [1.29, 1.82) is 0 Å². The van der Waals surface area contributed by atoms with Crippen molar-refractivity contribution in [3.05, 3.63) is 35.6 Å². The molecule has 3 heterocycles. The Morgan fingerprint density at radius 2 is 2.14 bits per heavy atom. The third kappa shape index (κ3) is 2.22. The molecule has 0 aromatic heterocycles. The SMILES string of the molecule is Fc1cccc(C2CNCCC23CCN2CCCCC23)c1. The van der Waals surface area contributed by atoms with Crippen molar-refractivity contribution in [2.24, 2.45) is 5.41 Å². The van der Waals surface area contributed by atoms with Crippen LogP contribution >= 0.6 is 0 Å². The second-order valence-corrected chi connectivity index (χ2v) is 7.09. The molecule has 114 valence electrons. The highest BCUT2D eigenvalue weighted by molar-refractivity contribution is 5.27. The van der Waals surface area contributed by atoms with E-state index in [-0.39, 0.29) is 5.82 Å². The van der Waals surface area contributed by atoms with E-state index in [1.807, 2.05) is 6.07 Å². The minimum atomic E-state index is -0.0910. The maximum atomic E-state index is 13.7. The molecule has 2 nitrogen and oxygen atoms in total. The highest BCUT2D eigenvalue weighted by atomic mass is 19.1. The Balaban J connectivity index is 1.71. The first-order valence-corrected chi connectivity index (χ1v) is 8.50. The number of nitrogens with one attached hydrogen (secondary N) is 1. The summed E-state index contributed by atoms with van der Waals surface area (Å²) in [6.45, 7) is 4.65. The Labute approximate surface area is 126 Å². The fraction of sp³-hybridized carbons (Fsp3) is 0.667. The van der Waals surface area contributed by atoms with E-state index in [1.54, 1.807) is 12.1 Å². The summed E-state index contributed by atoms with van der Waals surface area (Å²) < 4.78 is 13.7. The molecule has 3 aliphatic rings. The molecule has 3 heteroatoms. The quantitative estimate of drug-likeness (QED) is 0.854. The molecule has 3 atom stereocenters. The van der Waals surface area contributed by atoms with Gasteiger partial charge in [0.05, 0.1) is 0 Å². The Kier molecular flexibility index (Phi) is 3.50. The fourth-order valence-electron chi connectivity index (χ4n) is 5.24. The molecule has 3 saturated heterocycles. The molecule has 21 heavy (non-hydrogen) atoms. The minimum Gasteiger partial charge on any atom is -0.316 e. The van der Waals surface area contributed by atoms with Crippen LogP contribution in [0, 0.1) is 11.2 Å². The average Bonchev–Trinajstić information content (AvgIpc) is 2.88. The Bertz CT molecular complexity index is 518. The summed E-state index contributed by atoms with van der Waals surface area (Å²) in [5.74, 6) is 0.377. The molecule has 1 N–H and O–H groups in total. The summed E-state index contributed by atoms with van der Waals surface area (Å²) >= 11 is 0. The summed E-state index contributed by atoms with van der Waals surface area (Å²) in [4.78, 5) is 2.72. The zero-order valence-corrected chi connectivity index (χ0v) is 12.7. The molecule has 3 unspecified atom stereocenters. The molecule has 0 amide bonds. The fourth-order valence-corrected chi connectivity index (χ4v) is 5.24. The first-order valence-electron chi connectivity index (χ1n) is 8.50. The molecule has 4 rings (SSSR count). The van der Waals surface area contributed by atoms with Crippen molar-refractivity contribution in [2.45, 2.75) is 44.1 Å². The molecule has 1 aromatic rings. The second kappa shape index (κ2) is 5.36. The molecule has 3 fully saturated rings. The number of nitrogens with zero attached hydrogens (tertiary/aromatic N) is 1. The summed E-state index contributed by atoms with van der Waals surface area (Å²) in [7, 11) is 0. The van der Waals surface area contributed by atoms with Gasteiger partial charge in [0.25, 0.3) is 0 Å². The molecular weight excluding hydrogens is 263 g/mol. The van der Waals surface area contributed by atoms with Gasteiger partial charge in [0.1, 0.15) is 5.82 Å². The van der Waals surface area contributed by atoms with Crippen LogP contribution in [0.4, 0.5) is 4.39 Å². The van der Waals surface area contributed by atoms with E-state index in [2.05, 4.69) is 16.3 Å². The number of rotatable bonds is 1. The largest absolute Gasteiger partial charge is 0.316 e. The van der Waals surface area contributed by atoms with Gasteiger partial charge in [0, 0.05) is 18.5 Å². The highest BCUT2D eigenvalue weighted by Gasteiger charge is 2.53. The number of halogens is 1. The summed E-state index contributed by atoms with van der Waals surface area (Å²) in [5, 5.41) is 3.56. The lowest BCUT2D eigenvalue weighted by Crippen LogP contribution is -2.52. The average molecular weight is 288 g/mol. The lowest BCUT2D eigenvalue weighted by Gasteiger charge is -2.48. The molecule has 0 radical (unpaired) electrons. The number of fused-ring (bicyclic) bond motifs is 2. The molecule has 0 aliphatic carbocycles. The van der Waals surface area contributed by atoms with Crippen LogP contribution in [-0.2, 0) is 0 Å². The van der Waals surface area contributed by atoms with E-state index in [0.29, 0.717) is 11.3 Å². The summed E-state index contributed by atoms with van der Waals surface area (Å²) in [6, 6.07) is 8.06. The van der Waals surface area contributed by atoms with E-state index >= 15 is 0 Å². The topological polar surface area (TPSA) is 15.3 Å². The monoisotopic (exact) mass is 288 g/mol. The van der Waals surface area contributed by atoms with Crippen molar-refractivity contribution in [1.82, 2.24) is 10.2 Å². The van der Waals surface area contributed by atoms with Crippen molar-refractivity contribution in [3.8, 4) is 0 Å². The van der Waals surface area contributed by atoms with Gasteiger partial charge in [0.15, 0.2) is 0 Å². The first kappa shape index (κ1) is 13.7. The number of piperidine rings is 2.